The van der Waals surface area contributed by atoms with Crippen LogP contribution in [-0.4, -0.2) is 20.2 Å². The second kappa shape index (κ2) is 6.06. The molecule has 1 unspecified atom stereocenters. The molecule has 108 valence electrons. The summed E-state index contributed by atoms with van der Waals surface area (Å²) in [6.07, 6.45) is 0.683. The van der Waals surface area contributed by atoms with Crippen molar-refractivity contribution in [2.45, 2.75) is 51.3 Å². The number of sulfone groups is 1. The van der Waals surface area contributed by atoms with Gasteiger partial charge in [-0.2, -0.15) is 0 Å². The fourth-order valence-corrected chi connectivity index (χ4v) is 3.56. The van der Waals surface area contributed by atoms with Gasteiger partial charge in [0, 0.05) is 6.04 Å². The van der Waals surface area contributed by atoms with Crippen molar-refractivity contribution in [2.75, 3.05) is 5.75 Å². The maximum Gasteiger partial charge on any atom is 0.155 e. The summed E-state index contributed by atoms with van der Waals surface area (Å²) in [7, 11) is -3.12. The van der Waals surface area contributed by atoms with Crippen LogP contribution in [0.5, 0.6) is 0 Å². The first kappa shape index (κ1) is 16.2. The van der Waals surface area contributed by atoms with E-state index in [2.05, 4.69) is 20.8 Å². The predicted molar refractivity (Wildman–Crippen MR) is 80.9 cm³/mol. The molecule has 1 aromatic carbocycles. The standard InChI is InChI=1S/C15H25NO2S/c1-5-14(16)11-19(17,18)10-12-6-8-13(9-7-12)15(2,3)4/h6-9,14H,5,10-11,16H2,1-4H3. The van der Waals surface area contributed by atoms with Crippen LogP contribution in [0.3, 0.4) is 0 Å². The van der Waals surface area contributed by atoms with Crippen LogP contribution in [0.15, 0.2) is 24.3 Å². The molecule has 0 fully saturated rings. The van der Waals surface area contributed by atoms with Gasteiger partial charge in [-0.15, -0.1) is 0 Å². The van der Waals surface area contributed by atoms with Gasteiger partial charge in [-0.25, -0.2) is 8.42 Å². The lowest BCUT2D eigenvalue weighted by Crippen LogP contribution is -2.29. The Hall–Kier alpha value is -0.870. The number of nitrogens with two attached hydrogens (primary N) is 1. The summed E-state index contributed by atoms with van der Waals surface area (Å²) in [5.74, 6) is 0.135. The third-order valence-corrected chi connectivity index (χ3v) is 4.91. The maximum absolute atomic E-state index is 12.0. The largest absolute Gasteiger partial charge is 0.327 e. The Morgan fingerprint density at radius 3 is 2.11 bits per heavy atom. The topological polar surface area (TPSA) is 60.2 Å². The van der Waals surface area contributed by atoms with Gasteiger partial charge < -0.3 is 5.73 Å². The van der Waals surface area contributed by atoms with Gasteiger partial charge >= 0.3 is 0 Å². The predicted octanol–water partition coefficient (Wildman–Crippen LogP) is 2.64. The Morgan fingerprint density at radius 2 is 1.68 bits per heavy atom. The lowest BCUT2D eigenvalue weighted by molar-refractivity contribution is 0.582. The molecule has 3 nitrogen and oxygen atoms in total. The minimum Gasteiger partial charge on any atom is -0.327 e. The van der Waals surface area contributed by atoms with Crippen molar-refractivity contribution in [3.8, 4) is 0 Å². The highest BCUT2D eigenvalue weighted by molar-refractivity contribution is 7.90. The van der Waals surface area contributed by atoms with E-state index in [9.17, 15) is 8.42 Å². The van der Waals surface area contributed by atoms with Gasteiger partial charge in [-0.3, -0.25) is 0 Å². The molecule has 0 spiro atoms. The molecule has 1 rings (SSSR count). The summed E-state index contributed by atoms with van der Waals surface area (Å²) in [5, 5.41) is 0. The van der Waals surface area contributed by atoms with Crippen LogP contribution < -0.4 is 5.73 Å². The van der Waals surface area contributed by atoms with E-state index in [0.29, 0.717) is 6.42 Å². The zero-order valence-electron chi connectivity index (χ0n) is 12.3. The van der Waals surface area contributed by atoms with E-state index in [1.165, 1.54) is 5.56 Å². The lowest BCUT2D eigenvalue weighted by Gasteiger charge is -2.19. The molecule has 1 atom stereocenters. The molecule has 0 aliphatic rings. The van der Waals surface area contributed by atoms with Crippen LogP contribution in [0.4, 0.5) is 0 Å². The van der Waals surface area contributed by atoms with Gasteiger partial charge in [0.2, 0.25) is 0 Å². The molecule has 0 saturated carbocycles. The minimum absolute atomic E-state index is 0.0600. The second-order valence-electron chi connectivity index (χ2n) is 6.17. The molecule has 0 aromatic heterocycles. The van der Waals surface area contributed by atoms with Gasteiger partial charge in [0.05, 0.1) is 11.5 Å². The van der Waals surface area contributed by atoms with Crippen LogP contribution in [0.1, 0.15) is 45.2 Å². The summed E-state index contributed by atoms with van der Waals surface area (Å²) in [5.41, 5.74) is 7.84. The first-order chi connectivity index (χ1) is 8.64. The van der Waals surface area contributed by atoms with E-state index in [1.807, 2.05) is 31.2 Å². The van der Waals surface area contributed by atoms with Crippen molar-refractivity contribution >= 4 is 9.84 Å². The highest BCUT2D eigenvalue weighted by Gasteiger charge is 2.17. The number of hydrogen-bond donors (Lipinski definition) is 1. The molecule has 4 heteroatoms. The molecule has 0 aliphatic heterocycles. The summed E-state index contributed by atoms with van der Waals surface area (Å²) in [6.45, 7) is 8.31. The molecule has 0 aliphatic carbocycles. The Kier molecular flexibility index (Phi) is 5.16. The third-order valence-electron chi connectivity index (χ3n) is 3.20. The van der Waals surface area contributed by atoms with Crippen molar-refractivity contribution in [2.24, 2.45) is 5.73 Å². The van der Waals surface area contributed by atoms with Gasteiger partial charge in [-0.1, -0.05) is 52.0 Å². The summed E-state index contributed by atoms with van der Waals surface area (Å²) in [6, 6.07) is 7.54. The Balaban J connectivity index is 2.78. The van der Waals surface area contributed by atoms with E-state index >= 15 is 0 Å². The first-order valence-corrected chi connectivity index (χ1v) is 8.51. The first-order valence-electron chi connectivity index (χ1n) is 6.69. The molecule has 0 saturated heterocycles. The van der Waals surface area contributed by atoms with Gasteiger partial charge in [0.1, 0.15) is 0 Å². The summed E-state index contributed by atoms with van der Waals surface area (Å²) >= 11 is 0. The highest BCUT2D eigenvalue weighted by Crippen LogP contribution is 2.22. The molecule has 19 heavy (non-hydrogen) atoms. The van der Waals surface area contributed by atoms with Crippen molar-refractivity contribution in [1.82, 2.24) is 0 Å². The molecule has 0 radical (unpaired) electrons. The van der Waals surface area contributed by atoms with Crippen LogP contribution in [0, 0.1) is 0 Å². The normalized spacial score (nSPS) is 14.4. The van der Waals surface area contributed by atoms with E-state index < -0.39 is 9.84 Å². The van der Waals surface area contributed by atoms with Crippen molar-refractivity contribution in [1.29, 1.82) is 0 Å². The zero-order valence-corrected chi connectivity index (χ0v) is 13.1. The van der Waals surface area contributed by atoms with Crippen LogP contribution >= 0.6 is 0 Å². The van der Waals surface area contributed by atoms with Crippen molar-refractivity contribution in [3.05, 3.63) is 35.4 Å². The number of rotatable bonds is 5. The smallest absolute Gasteiger partial charge is 0.155 e. The van der Waals surface area contributed by atoms with E-state index in [4.69, 9.17) is 5.73 Å². The fraction of sp³-hybridized carbons (Fsp3) is 0.600. The Morgan fingerprint density at radius 1 is 1.16 bits per heavy atom. The Labute approximate surface area is 117 Å². The van der Waals surface area contributed by atoms with Crippen molar-refractivity contribution < 1.29 is 8.42 Å². The van der Waals surface area contributed by atoms with E-state index in [0.717, 1.165) is 5.56 Å². The average molecular weight is 283 g/mol. The van der Waals surface area contributed by atoms with Crippen molar-refractivity contribution in [3.63, 3.8) is 0 Å². The average Bonchev–Trinajstić information content (AvgIpc) is 2.27. The molecule has 2 N–H and O–H groups in total. The molecular formula is C15H25NO2S. The summed E-state index contributed by atoms with van der Waals surface area (Å²) < 4.78 is 23.9. The second-order valence-corrected chi connectivity index (χ2v) is 8.28. The van der Waals surface area contributed by atoms with Gasteiger partial charge in [0.15, 0.2) is 9.84 Å². The molecule has 1 aromatic rings. The molecule has 0 heterocycles. The number of benzene rings is 1. The SMILES string of the molecule is CCC(N)CS(=O)(=O)Cc1ccc(C(C)(C)C)cc1. The monoisotopic (exact) mass is 283 g/mol. The highest BCUT2D eigenvalue weighted by atomic mass is 32.2. The quantitative estimate of drug-likeness (QED) is 0.903. The van der Waals surface area contributed by atoms with Crippen LogP contribution in [0.2, 0.25) is 0 Å². The molecule has 0 amide bonds. The van der Waals surface area contributed by atoms with Crippen LogP contribution in [0.25, 0.3) is 0 Å². The molecular weight excluding hydrogens is 258 g/mol. The number of hydrogen-bond acceptors (Lipinski definition) is 3. The Bertz CT molecular complexity index is 498. The zero-order chi connectivity index (χ0) is 14.7. The molecule has 0 bridgehead atoms. The third kappa shape index (κ3) is 5.33. The van der Waals surface area contributed by atoms with E-state index in [1.54, 1.807) is 0 Å². The lowest BCUT2D eigenvalue weighted by atomic mass is 9.87. The minimum atomic E-state index is -3.12. The van der Waals surface area contributed by atoms with Gasteiger partial charge in [0.25, 0.3) is 0 Å². The fourth-order valence-electron chi connectivity index (χ4n) is 1.86. The van der Waals surface area contributed by atoms with E-state index in [-0.39, 0.29) is 23.0 Å². The maximum atomic E-state index is 12.0. The summed E-state index contributed by atoms with van der Waals surface area (Å²) in [4.78, 5) is 0. The van der Waals surface area contributed by atoms with Crippen LogP contribution in [-0.2, 0) is 21.0 Å². The van der Waals surface area contributed by atoms with Gasteiger partial charge in [-0.05, 0) is 23.0 Å².